The molecule has 1 heterocycles. The molecule has 0 amide bonds. The zero-order valence-corrected chi connectivity index (χ0v) is 7.95. The van der Waals surface area contributed by atoms with E-state index in [9.17, 15) is 0 Å². The van der Waals surface area contributed by atoms with Crippen molar-refractivity contribution in [2.45, 2.75) is 38.5 Å². The van der Waals surface area contributed by atoms with E-state index in [-0.39, 0.29) is 0 Å². The number of nitrogen functional groups attached to an aromatic ring is 1. The highest BCUT2D eigenvalue weighted by molar-refractivity contribution is 5.43. The molecule has 0 bridgehead atoms. The number of hydrogen-bond donors (Lipinski definition) is 1. The Labute approximate surface area is 78.4 Å². The number of nitrogens with two attached hydrogens (primary N) is 1. The van der Waals surface area contributed by atoms with Crippen molar-refractivity contribution in [2.75, 3.05) is 5.73 Å². The Morgan fingerprint density at radius 3 is 2.85 bits per heavy atom. The molecule has 1 saturated carbocycles. The van der Waals surface area contributed by atoms with Crippen molar-refractivity contribution in [2.24, 2.45) is 0 Å². The van der Waals surface area contributed by atoms with Gasteiger partial charge >= 0.3 is 0 Å². The SMILES string of the molecule is CCCc1c(N)ncnc1C1CC1. The summed E-state index contributed by atoms with van der Waals surface area (Å²) in [4.78, 5) is 8.36. The van der Waals surface area contributed by atoms with E-state index < -0.39 is 0 Å². The molecule has 0 unspecified atom stereocenters. The van der Waals surface area contributed by atoms with Crippen LogP contribution in [0, 0.1) is 0 Å². The lowest BCUT2D eigenvalue weighted by Crippen LogP contribution is -2.04. The van der Waals surface area contributed by atoms with Gasteiger partial charge in [0.1, 0.15) is 12.1 Å². The van der Waals surface area contributed by atoms with E-state index in [0.29, 0.717) is 11.7 Å². The van der Waals surface area contributed by atoms with Crippen molar-refractivity contribution in [1.29, 1.82) is 0 Å². The third kappa shape index (κ3) is 1.64. The first-order valence-corrected chi connectivity index (χ1v) is 4.92. The first kappa shape index (κ1) is 8.48. The first-order valence-electron chi connectivity index (χ1n) is 4.92. The van der Waals surface area contributed by atoms with Gasteiger partial charge in [0.05, 0.1) is 5.69 Å². The third-order valence-electron chi connectivity index (χ3n) is 2.48. The monoisotopic (exact) mass is 177 g/mol. The standard InChI is InChI=1S/C10H15N3/c1-2-3-8-9(7-4-5-7)12-6-13-10(8)11/h6-7H,2-5H2,1H3,(H2,11,12,13). The fraction of sp³-hybridized carbons (Fsp3) is 0.600. The Hall–Kier alpha value is -1.12. The molecule has 70 valence electrons. The van der Waals surface area contributed by atoms with E-state index >= 15 is 0 Å². The molecule has 3 nitrogen and oxygen atoms in total. The van der Waals surface area contributed by atoms with Crippen LogP contribution in [-0.4, -0.2) is 9.97 Å². The van der Waals surface area contributed by atoms with Crippen LogP contribution >= 0.6 is 0 Å². The summed E-state index contributed by atoms with van der Waals surface area (Å²) >= 11 is 0. The van der Waals surface area contributed by atoms with Crippen LogP contribution in [0.25, 0.3) is 0 Å². The molecule has 2 N–H and O–H groups in total. The summed E-state index contributed by atoms with van der Waals surface area (Å²) in [5, 5.41) is 0. The second-order valence-electron chi connectivity index (χ2n) is 3.65. The third-order valence-corrected chi connectivity index (χ3v) is 2.48. The highest BCUT2D eigenvalue weighted by Crippen LogP contribution is 2.41. The Morgan fingerprint density at radius 2 is 2.23 bits per heavy atom. The predicted molar refractivity (Wildman–Crippen MR) is 52.4 cm³/mol. The van der Waals surface area contributed by atoms with Crippen LogP contribution in [0.15, 0.2) is 6.33 Å². The molecule has 1 aromatic heterocycles. The lowest BCUT2D eigenvalue weighted by molar-refractivity contribution is 0.859. The van der Waals surface area contributed by atoms with Gasteiger partial charge in [0.15, 0.2) is 0 Å². The highest BCUT2D eigenvalue weighted by atomic mass is 14.9. The fourth-order valence-corrected chi connectivity index (χ4v) is 1.66. The molecule has 13 heavy (non-hydrogen) atoms. The second kappa shape index (κ2) is 3.32. The Balaban J connectivity index is 2.35. The van der Waals surface area contributed by atoms with Gasteiger partial charge in [0, 0.05) is 11.5 Å². The van der Waals surface area contributed by atoms with Gasteiger partial charge in [-0.3, -0.25) is 0 Å². The van der Waals surface area contributed by atoms with Crippen LogP contribution in [0.4, 0.5) is 5.82 Å². The largest absolute Gasteiger partial charge is 0.383 e. The van der Waals surface area contributed by atoms with Crippen molar-refractivity contribution in [3.05, 3.63) is 17.6 Å². The Morgan fingerprint density at radius 1 is 1.46 bits per heavy atom. The minimum Gasteiger partial charge on any atom is -0.383 e. The summed E-state index contributed by atoms with van der Waals surface area (Å²) < 4.78 is 0. The van der Waals surface area contributed by atoms with Gasteiger partial charge in [-0.2, -0.15) is 0 Å². The minimum absolute atomic E-state index is 0.673. The molecule has 0 spiro atoms. The van der Waals surface area contributed by atoms with E-state index in [4.69, 9.17) is 5.73 Å². The van der Waals surface area contributed by atoms with Gasteiger partial charge in [-0.15, -0.1) is 0 Å². The molecule has 1 aromatic rings. The van der Waals surface area contributed by atoms with E-state index in [2.05, 4.69) is 16.9 Å². The average molecular weight is 177 g/mol. The summed E-state index contributed by atoms with van der Waals surface area (Å²) in [6.07, 6.45) is 6.25. The Kier molecular flexibility index (Phi) is 2.17. The van der Waals surface area contributed by atoms with Crippen LogP contribution in [0.1, 0.15) is 43.4 Å². The average Bonchev–Trinajstić information content (AvgIpc) is 2.92. The van der Waals surface area contributed by atoms with Crippen LogP contribution < -0.4 is 5.73 Å². The van der Waals surface area contributed by atoms with Gasteiger partial charge in [0.2, 0.25) is 0 Å². The fourth-order valence-electron chi connectivity index (χ4n) is 1.66. The van der Waals surface area contributed by atoms with Crippen molar-refractivity contribution in [3.63, 3.8) is 0 Å². The van der Waals surface area contributed by atoms with Gasteiger partial charge in [-0.05, 0) is 19.3 Å². The van der Waals surface area contributed by atoms with Crippen molar-refractivity contribution in [3.8, 4) is 0 Å². The number of hydrogen-bond acceptors (Lipinski definition) is 3. The van der Waals surface area contributed by atoms with Crippen LogP contribution in [0.2, 0.25) is 0 Å². The summed E-state index contributed by atoms with van der Waals surface area (Å²) in [5.41, 5.74) is 8.21. The van der Waals surface area contributed by atoms with Crippen LogP contribution in [0.5, 0.6) is 0 Å². The molecule has 0 atom stereocenters. The molecule has 1 fully saturated rings. The maximum Gasteiger partial charge on any atom is 0.130 e. The summed E-state index contributed by atoms with van der Waals surface area (Å²) in [6, 6.07) is 0. The second-order valence-corrected chi connectivity index (χ2v) is 3.65. The molecular formula is C10H15N3. The normalized spacial score (nSPS) is 16.1. The van der Waals surface area contributed by atoms with Gasteiger partial charge in [-0.1, -0.05) is 13.3 Å². The smallest absolute Gasteiger partial charge is 0.130 e. The van der Waals surface area contributed by atoms with Crippen LogP contribution in [-0.2, 0) is 6.42 Å². The maximum absolute atomic E-state index is 5.82. The Bertz CT molecular complexity index is 305. The minimum atomic E-state index is 0.673. The molecule has 2 rings (SSSR count). The van der Waals surface area contributed by atoms with Crippen molar-refractivity contribution in [1.82, 2.24) is 9.97 Å². The topological polar surface area (TPSA) is 51.8 Å². The molecule has 1 aliphatic rings. The lowest BCUT2D eigenvalue weighted by atomic mass is 10.1. The van der Waals surface area contributed by atoms with Crippen LogP contribution in [0.3, 0.4) is 0 Å². The molecule has 3 heteroatoms. The van der Waals surface area contributed by atoms with E-state index in [0.717, 1.165) is 12.8 Å². The quantitative estimate of drug-likeness (QED) is 0.767. The number of nitrogens with zero attached hydrogens (tertiary/aromatic N) is 2. The zero-order valence-electron chi connectivity index (χ0n) is 7.95. The molecule has 0 aliphatic heterocycles. The molecule has 0 radical (unpaired) electrons. The molecule has 0 saturated heterocycles. The first-order chi connectivity index (χ1) is 6.33. The number of aromatic nitrogens is 2. The van der Waals surface area contributed by atoms with Gasteiger partial charge in [-0.25, -0.2) is 9.97 Å². The predicted octanol–water partition coefficient (Wildman–Crippen LogP) is 1.89. The zero-order chi connectivity index (χ0) is 9.26. The van der Waals surface area contributed by atoms with Gasteiger partial charge < -0.3 is 5.73 Å². The van der Waals surface area contributed by atoms with E-state index in [1.807, 2.05) is 0 Å². The summed E-state index contributed by atoms with van der Waals surface area (Å²) in [5.74, 6) is 1.35. The summed E-state index contributed by atoms with van der Waals surface area (Å²) in [7, 11) is 0. The molecular weight excluding hydrogens is 162 g/mol. The number of anilines is 1. The number of rotatable bonds is 3. The maximum atomic E-state index is 5.82. The van der Waals surface area contributed by atoms with E-state index in [1.54, 1.807) is 6.33 Å². The van der Waals surface area contributed by atoms with Gasteiger partial charge in [0.25, 0.3) is 0 Å². The lowest BCUT2D eigenvalue weighted by Gasteiger charge is -2.07. The molecule has 1 aliphatic carbocycles. The summed E-state index contributed by atoms with van der Waals surface area (Å²) in [6.45, 7) is 2.16. The van der Waals surface area contributed by atoms with Crippen molar-refractivity contribution < 1.29 is 0 Å². The van der Waals surface area contributed by atoms with E-state index in [1.165, 1.54) is 24.1 Å². The highest BCUT2D eigenvalue weighted by Gasteiger charge is 2.28. The van der Waals surface area contributed by atoms with Crippen molar-refractivity contribution >= 4 is 5.82 Å². The molecule has 0 aromatic carbocycles.